The summed E-state index contributed by atoms with van der Waals surface area (Å²) in [6.07, 6.45) is 3.08. The first kappa shape index (κ1) is 21.7. The van der Waals surface area contributed by atoms with E-state index in [-0.39, 0.29) is 11.0 Å². The van der Waals surface area contributed by atoms with Gasteiger partial charge in [-0.2, -0.15) is 0 Å². The Morgan fingerprint density at radius 2 is 1.58 bits per heavy atom. The molecule has 0 fully saturated rings. The molecular weight excluding hydrogens is 412 g/mol. The van der Waals surface area contributed by atoms with Crippen molar-refractivity contribution in [2.24, 2.45) is 0 Å². The normalized spacial score (nSPS) is 10.5. The maximum absolute atomic E-state index is 12.2. The third-order valence-electron chi connectivity index (χ3n) is 4.23. The van der Waals surface area contributed by atoms with Crippen LogP contribution in [-0.2, 0) is 9.59 Å². The van der Waals surface area contributed by atoms with Gasteiger partial charge in [-0.05, 0) is 58.9 Å². The molecule has 0 aromatic heterocycles. The highest BCUT2D eigenvalue weighted by Gasteiger charge is 2.07. The number of carbonyl (C=O) groups is 3. The van der Waals surface area contributed by atoms with Gasteiger partial charge in [-0.1, -0.05) is 42.5 Å². The van der Waals surface area contributed by atoms with Crippen LogP contribution in [-0.4, -0.2) is 22.8 Å². The highest BCUT2D eigenvalue weighted by Crippen LogP contribution is 2.19. The smallest absolute Gasteiger partial charge is 0.269 e. The van der Waals surface area contributed by atoms with E-state index in [1.54, 1.807) is 30.3 Å². The van der Waals surface area contributed by atoms with E-state index in [0.717, 1.165) is 16.3 Å². The maximum Gasteiger partial charge on any atom is 0.269 e. The highest BCUT2D eigenvalue weighted by atomic mass is 32.1. The Kier molecular flexibility index (Phi) is 7.08. The summed E-state index contributed by atoms with van der Waals surface area (Å²) in [6.45, 7) is 1.40. The molecule has 0 atom stereocenters. The number of benzene rings is 3. The third kappa shape index (κ3) is 6.22. The first-order valence-corrected chi connectivity index (χ1v) is 9.78. The summed E-state index contributed by atoms with van der Waals surface area (Å²) in [5, 5.41) is 7.15. The van der Waals surface area contributed by atoms with Gasteiger partial charge in [0.2, 0.25) is 11.8 Å². The number of rotatable bonds is 4. The van der Waals surface area contributed by atoms with Crippen molar-refractivity contribution in [3.63, 3.8) is 0 Å². The molecule has 0 unspecified atom stereocenters. The van der Waals surface area contributed by atoms with Gasteiger partial charge in [0, 0.05) is 24.3 Å². The van der Waals surface area contributed by atoms with Gasteiger partial charge >= 0.3 is 0 Å². The molecule has 3 aromatic rings. The minimum Gasteiger partial charge on any atom is -0.326 e. The average Bonchev–Trinajstić information content (AvgIpc) is 2.76. The van der Waals surface area contributed by atoms with E-state index in [4.69, 9.17) is 12.2 Å². The van der Waals surface area contributed by atoms with Gasteiger partial charge in [-0.3, -0.25) is 30.6 Å². The number of nitrogens with one attached hydrogen (secondary N) is 4. The quantitative estimate of drug-likeness (QED) is 0.288. The molecule has 0 saturated heterocycles. The zero-order valence-corrected chi connectivity index (χ0v) is 17.5. The predicted molar refractivity (Wildman–Crippen MR) is 125 cm³/mol. The molecule has 0 heterocycles. The number of hydrogen-bond acceptors (Lipinski definition) is 4. The van der Waals surface area contributed by atoms with Crippen molar-refractivity contribution in [3.8, 4) is 0 Å². The molecule has 0 bridgehead atoms. The predicted octanol–water partition coefficient (Wildman–Crippen LogP) is 3.15. The van der Waals surface area contributed by atoms with Crippen LogP contribution in [0.2, 0.25) is 0 Å². The number of amides is 3. The van der Waals surface area contributed by atoms with Crippen LogP contribution in [0.4, 0.5) is 5.69 Å². The largest absolute Gasteiger partial charge is 0.326 e. The van der Waals surface area contributed by atoms with Crippen LogP contribution in [0, 0.1) is 0 Å². The van der Waals surface area contributed by atoms with Crippen LogP contribution < -0.4 is 21.5 Å². The summed E-state index contributed by atoms with van der Waals surface area (Å²) >= 11 is 5.04. The Balaban J connectivity index is 1.51. The second kappa shape index (κ2) is 10.1. The highest BCUT2D eigenvalue weighted by molar-refractivity contribution is 7.80. The molecule has 0 spiro atoms. The summed E-state index contributed by atoms with van der Waals surface area (Å²) in [4.78, 5) is 35.3. The Hall–Kier alpha value is -4.04. The first-order valence-electron chi connectivity index (χ1n) is 9.37. The second-order valence-electron chi connectivity index (χ2n) is 6.56. The fourth-order valence-corrected chi connectivity index (χ4v) is 2.99. The Morgan fingerprint density at radius 3 is 2.32 bits per heavy atom. The summed E-state index contributed by atoms with van der Waals surface area (Å²) in [6, 6.07) is 20.0. The monoisotopic (exact) mass is 432 g/mol. The minimum atomic E-state index is -0.447. The maximum atomic E-state index is 12.2. The number of fused-ring (bicyclic) bond motifs is 1. The molecule has 156 valence electrons. The third-order valence-corrected chi connectivity index (χ3v) is 4.44. The van der Waals surface area contributed by atoms with E-state index in [0.29, 0.717) is 11.3 Å². The molecule has 4 N–H and O–H groups in total. The molecule has 8 heteroatoms. The lowest BCUT2D eigenvalue weighted by atomic mass is 10.0. The lowest BCUT2D eigenvalue weighted by Gasteiger charge is -2.10. The number of thiocarbonyl (C=S) groups is 1. The lowest BCUT2D eigenvalue weighted by Crippen LogP contribution is -2.48. The van der Waals surface area contributed by atoms with Crippen molar-refractivity contribution >= 4 is 57.6 Å². The number of anilines is 1. The molecule has 3 aromatic carbocycles. The number of hydrogen-bond donors (Lipinski definition) is 4. The van der Waals surface area contributed by atoms with Crippen molar-refractivity contribution in [2.75, 3.05) is 5.32 Å². The van der Waals surface area contributed by atoms with Gasteiger partial charge in [-0.15, -0.1) is 0 Å². The van der Waals surface area contributed by atoms with Crippen molar-refractivity contribution < 1.29 is 14.4 Å². The van der Waals surface area contributed by atoms with Crippen molar-refractivity contribution in [1.29, 1.82) is 0 Å². The molecule has 0 aliphatic carbocycles. The Labute approximate surface area is 184 Å². The van der Waals surface area contributed by atoms with Crippen LogP contribution in [0.15, 0.2) is 72.8 Å². The number of carbonyl (C=O) groups excluding carboxylic acids is 3. The molecule has 0 aliphatic heterocycles. The lowest BCUT2D eigenvalue weighted by molar-refractivity contribution is -0.115. The average molecular weight is 433 g/mol. The zero-order chi connectivity index (χ0) is 22.2. The number of hydrazine groups is 1. The Morgan fingerprint density at radius 1 is 0.871 bits per heavy atom. The van der Waals surface area contributed by atoms with Gasteiger partial charge in [0.15, 0.2) is 5.11 Å². The van der Waals surface area contributed by atoms with Crippen LogP contribution in [0.1, 0.15) is 22.8 Å². The van der Waals surface area contributed by atoms with Crippen molar-refractivity contribution in [3.05, 3.63) is 83.9 Å². The molecule has 3 amide bonds. The Bertz CT molecular complexity index is 1170. The van der Waals surface area contributed by atoms with E-state index >= 15 is 0 Å². The summed E-state index contributed by atoms with van der Waals surface area (Å²) in [7, 11) is 0. The summed E-state index contributed by atoms with van der Waals surface area (Å²) < 4.78 is 0. The summed E-state index contributed by atoms with van der Waals surface area (Å²) in [5.41, 5.74) is 6.73. The molecule has 0 saturated carbocycles. The van der Waals surface area contributed by atoms with E-state index in [1.165, 1.54) is 13.0 Å². The fraction of sp³-hybridized carbons (Fsp3) is 0.0435. The SMILES string of the molecule is CC(=O)Nc1ccc(C(=O)NNC(=S)NC(=O)/C=C/c2cccc3ccccc23)cc1. The fourth-order valence-electron chi connectivity index (χ4n) is 2.84. The van der Waals surface area contributed by atoms with Gasteiger partial charge < -0.3 is 5.32 Å². The van der Waals surface area contributed by atoms with Crippen LogP contribution >= 0.6 is 12.2 Å². The second-order valence-corrected chi connectivity index (χ2v) is 6.97. The van der Waals surface area contributed by atoms with E-state index in [2.05, 4.69) is 21.5 Å². The van der Waals surface area contributed by atoms with Gasteiger partial charge in [0.1, 0.15) is 0 Å². The van der Waals surface area contributed by atoms with Crippen LogP contribution in [0.3, 0.4) is 0 Å². The molecular formula is C23H20N4O3S. The van der Waals surface area contributed by atoms with Gasteiger partial charge in [0.25, 0.3) is 5.91 Å². The molecule has 3 rings (SSSR count). The first-order chi connectivity index (χ1) is 14.9. The van der Waals surface area contributed by atoms with E-state index < -0.39 is 11.8 Å². The molecule has 31 heavy (non-hydrogen) atoms. The minimum absolute atomic E-state index is 0.0456. The van der Waals surface area contributed by atoms with Gasteiger partial charge in [0.05, 0.1) is 0 Å². The van der Waals surface area contributed by atoms with Crippen LogP contribution in [0.25, 0.3) is 16.8 Å². The standard InChI is InChI=1S/C23H20N4O3S/c1-15(28)24-19-12-9-18(10-13-19)22(30)26-27-23(31)25-21(29)14-11-17-7-4-6-16-5-2-3-8-20(16)17/h2-14H,1H3,(H,24,28)(H,26,30)(H2,25,27,29,31)/b14-11+. The topological polar surface area (TPSA) is 99.3 Å². The molecule has 0 aliphatic rings. The molecule has 7 nitrogen and oxygen atoms in total. The molecule has 0 radical (unpaired) electrons. The van der Waals surface area contributed by atoms with Crippen molar-refractivity contribution in [1.82, 2.24) is 16.2 Å². The van der Waals surface area contributed by atoms with Gasteiger partial charge in [-0.25, -0.2) is 0 Å². The zero-order valence-electron chi connectivity index (χ0n) is 16.6. The van der Waals surface area contributed by atoms with E-state index in [9.17, 15) is 14.4 Å². The van der Waals surface area contributed by atoms with Crippen molar-refractivity contribution in [2.45, 2.75) is 6.92 Å². The van der Waals surface area contributed by atoms with E-state index in [1.807, 2.05) is 42.5 Å². The van der Waals surface area contributed by atoms with Crippen LogP contribution in [0.5, 0.6) is 0 Å². The summed E-state index contributed by atoms with van der Waals surface area (Å²) in [5.74, 6) is -1.08.